The summed E-state index contributed by atoms with van der Waals surface area (Å²) in [5.74, 6) is 0.588. The molecule has 0 spiro atoms. The van der Waals surface area contributed by atoms with Crippen molar-refractivity contribution in [1.82, 2.24) is 0 Å². The van der Waals surface area contributed by atoms with Gasteiger partial charge in [0.1, 0.15) is 7.17 Å². The highest BCUT2D eigenvalue weighted by molar-refractivity contribution is 6.90. The Hall–Kier alpha value is 0.0499. The first-order valence-corrected chi connectivity index (χ1v) is 4.58. The lowest BCUT2D eigenvalue weighted by Crippen LogP contribution is -2.21. The van der Waals surface area contributed by atoms with Gasteiger partial charge in [0.05, 0.1) is 20.4 Å². The summed E-state index contributed by atoms with van der Waals surface area (Å²) >= 11 is 0. The van der Waals surface area contributed by atoms with E-state index in [4.69, 9.17) is 9.84 Å². The van der Waals surface area contributed by atoms with Crippen LogP contribution >= 0.6 is 0 Å². The summed E-state index contributed by atoms with van der Waals surface area (Å²) in [6.45, 7) is 2.35. The van der Waals surface area contributed by atoms with Crippen LogP contribution in [0.25, 0.3) is 0 Å². The Morgan fingerprint density at radius 2 is 2.45 bits per heavy atom. The molecular weight excluding hydrogens is 138 g/mol. The van der Waals surface area contributed by atoms with Crippen LogP contribution in [0.1, 0.15) is 19.8 Å². The third kappa shape index (κ3) is 2.00. The van der Waals surface area contributed by atoms with Crippen LogP contribution in [0.3, 0.4) is 0 Å². The molecule has 4 heteroatoms. The van der Waals surface area contributed by atoms with E-state index in [0.29, 0.717) is 11.9 Å². The summed E-state index contributed by atoms with van der Waals surface area (Å²) in [5.41, 5.74) is 0. The van der Waals surface area contributed by atoms with E-state index in [-0.39, 0.29) is 12.7 Å². The molecular formula is C7H16B2O2. The van der Waals surface area contributed by atoms with Crippen molar-refractivity contribution in [2.24, 2.45) is 5.92 Å². The maximum Gasteiger partial charge on any atom is 0.119 e. The molecule has 0 radical (unpaired) electrons. The molecule has 0 aliphatic carbocycles. The van der Waals surface area contributed by atoms with E-state index >= 15 is 0 Å². The Kier molecular flexibility index (Phi) is 3.46. The Morgan fingerprint density at radius 1 is 1.73 bits per heavy atom. The zero-order valence-corrected chi connectivity index (χ0v) is 7.42. The highest BCUT2D eigenvalue weighted by atomic mass is 16.5. The molecule has 0 aromatic carbocycles. The minimum Gasteiger partial charge on any atom is -0.394 e. The summed E-state index contributed by atoms with van der Waals surface area (Å²) in [7, 11) is 3.21. The molecule has 0 amide bonds. The van der Waals surface area contributed by atoms with Crippen molar-refractivity contribution in [2.45, 2.75) is 31.9 Å². The van der Waals surface area contributed by atoms with Crippen molar-refractivity contribution < 1.29 is 9.84 Å². The van der Waals surface area contributed by atoms with Gasteiger partial charge in [-0.2, -0.15) is 0 Å². The van der Waals surface area contributed by atoms with Gasteiger partial charge in [-0.1, -0.05) is 13.3 Å². The van der Waals surface area contributed by atoms with E-state index in [1.165, 1.54) is 0 Å². The van der Waals surface area contributed by atoms with E-state index in [0.717, 1.165) is 20.0 Å². The highest BCUT2D eigenvalue weighted by Crippen LogP contribution is 2.27. The Balaban J connectivity index is 2.41. The van der Waals surface area contributed by atoms with Gasteiger partial charge in [-0.3, -0.25) is 0 Å². The van der Waals surface area contributed by atoms with Crippen molar-refractivity contribution >= 4 is 14.9 Å². The average Bonchev–Trinajstić information content (AvgIpc) is 2.46. The Morgan fingerprint density at radius 3 is 2.82 bits per heavy atom. The second-order valence-corrected chi connectivity index (χ2v) is 3.29. The average molecular weight is 154 g/mol. The van der Waals surface area contributed by atoms with Crippen LogP contribution in [-0.4, -0.2) is 38.7 Å². The van der Waals surface area contributed by atoms with Crippen LogP contribution in [0.4, 0.5) is 0 Å². The maximum atomic E-state index is 8.96. The quantitative estimate of drug-likeness (QED) is 0.534. The van der Waals surface area contributed by atoms with E-state index in [1.54, 1.807) is 0 Å². The first kappa shape index (κ1) is 9.14. The fourth-order valence-electron chi connectivity index (χ4n) is 1.79. The lowest BCUT2D eigenvalue weighted by molar-refractivity contribution is 0.0255. The topological polar surface area (TPSA) is 29.5 Å². The maximum absolute atomic E-state index is 8.96. The first-order valence-electron chi connectivity index (χ1n) is 4.58. The minimum atomic E-state index is 0.116. The van der Waals surface area contributed by atoms with Gasteiger partial charge in [-0.05, 0) is 12.3 Å². The third-order valence-electron chi connectivity index (χ3n) is 2.62. The second-order valence-electron chi connectivity index (χ2n) is 3.29. The number of aliphatic hydroxyl groups is 1. The smallest absolute Gasteiger partial charge is 0.119 e. The SMILES string of the molecule is BBC1CC(CC)C(CO)O1. The number of aliphatic hydroxyl groups excluding tert-OH is 1. The molecule has 3 unspecified atom stereocenters. The monoisotopic (exact) mass is 154 g/mol. The molecule has 0 aromatic heterocycles. The predicted molar refractivity (Wildman–Crippen MR) is 49.8 cm³/mol. The Labute approximate surface area is 70.0 Å². The molecule has 1 saturated heterocycles. The van der Waals surface area contributed by atoms with E-state index < -0.39 is 0 Å². The van der Waals surface area contributed by atoms with Crippen LogP contribution in [0.15, 0.2) is 0 Å². The van der Waals surface area contributed by atoms with Crippen LogP contribution in [-0.2, 0) is 4.74 Å². The highest BCUT2D eigenvalue weighted by Gasteiger charge is 2.31. The molecule has 1 fully saturated rings. The number of hydrogen-bond acceptors (Lipinski definition) is 2. The van der Waals surface area contributed by atoms with Crippen molar-refractivity contribution in [3.8, 4) is 0 Å². The minimum absolute atomic E-state index is 0.116. The molecule has 1 aliphatic rings. The lowest BCUT2D eigenvalue weighted by Gasteiger charge is -2.13. The van der Waals surface area contributed by atoms with Crippen LogP contribution in [0.2, 0.25) is 0 Å². The molecule has 62 valence electrons. The number of hydrogen-bond donors (Lipinski definition) is 1. The fourth-order valence-corrected chi connectivity index (χ4v) is 1.79. The number of ether oxygens (including phenoxy) is 1. The fraction of sp³-hybridized carbons (Fsp3) is 1.00. The molecule has 0 saturated carbocycles. The molecule has 1 N–H and O–H groups in total. The predicted octanol–water partition coefficient (Wildman–Crippen LogP) is -0.896. The van der Waals surface area contributed by atoms with Gasteiger partial charge in [0.25, 0.3) is 0 Å². The van der Waals surface area contributed by atoms with Gasteiger partial charge >= 0.3 is 0 Å². The summed E-state index contributed by atoms with van der Waals surface area (Å²) in [6.07, 6.45) is 2.38. The summed E-state index contributed by atoms with van der Waals surface area (Å²) in [4.78, 5) is 0. The van der Waals surface area contributed by atoms with Gasteiger partial charge in [-0.15, -0.1) is 0 Å². The second kappa shape index (κ2) is 4.17. The molecule has 1 aliphatic heterocycles. The zero-order valence-electron chi connectivity index (χ0n) is 7.42. The van der Waals surface area contributed by atoms with E-state index in [2.05, 4.69) is 14.7 Å². The van der Waals surface area contributed by atoms with Crippen molar-refractivity contribution in [2.75, 3.05) is 6.61 Å². The number of rotatable bonds is 3. The van der Waals surface area contributed by atoms with Crippen LogP contribution in [0.5, 0.6) is 0 Å². The molecule has 0 aromatic rings. The molecule has 0 bridgehead atoms. The van der Waals surface area contributed by atoms with Crippen molar-refractivity contribution in [3.63, 3.8) is 0 Å². The molecule has 11 heavy (non-hydrogen) atoms. The molecule has 1 rings (SSSR count). The van der Waals surface area contributed by atoms with Gasteiger partial charge in [0.15, 0.2) is 0 Å². The van der Waals surface area contributed by atoms with Gasteiger partial charge < -0.3 is 9.84 Å². The molecule has 3 atom stereocenters. The van der Waals surface area contributed by atoms with Crippen LogP contribution in [0, 0.1) is 5.92 Å². The first-order chi connectivity index (χ1) is 5.31. The van der Waals surface area contributed by atoms with E-state index in [1.807, 2.05) is 0 Å². The normalized spacial score (nSPS) is 37.5. The van der Waals surface area contributed by atoms with Gasteiger partial charge in [0.2, 0.25) is 0 Å². The summed E-state index contributed by atoms with van der Waals surface area (Å²) in [6, 6.07) is 0.400. The van der Waals surface area contributed by atoms with Crippen molar-refractivity contribution in [3.05, 3.63) is 0 Å². The largest absolute Gasteiger partial charge is 0.394 e. The Bertz CT molecular complexity index is 109. The third-order valence-corrected chi connectivity index (χ3v) is 2.62. The van der Waals surface area contributed by atoms with E-state index in [9.17, 15) is 0 Å². The summed E-state index contributed by atoms with van der Waals surface area (Å²) < 4.78 is 5.61. The summed E-state index contributed by atoms with van der Waals surface area (Å²) in [5, 5.41) is 8.96. The molecule has 2 nitrogen and oxygen atoms in total. The lowest BCUT2D eigenvalue weighted by atomic mass is 9.51. The molecule has 1 heterocycles. The zero-order chi connectivity index (χ0) is 8.27. The standard InChI is InChI=1S/C7H16B2O2/c1-2-5-3-7(9-8)11-6(5)4-10/h5-7,9-10H,2-4,8H2,1H3. The van der Waals surface area contributed by atoms with Crippen LogP contribution < -0.4 is 0 Å². The van der Waals surface area contributed by atoms with Gasteiger partial charge in [0, 0.05) is 6.00 Å². The van der Waals surface area contributed by atoms with Gasteiger partial charge in [-0.25, -0.2) is 0 Å². The van der Waals surface area contributed by atoms with Crippen molar-refractivity contribution in [1.29, 1.82) is 0 Å².